The van der Waals surface area contributed by atoms with Gasteiger partial charge in [0.05, 0.1) is 23.0 Å². The molecule has 4 heteroatoms. The highest BCUT2D eigenvalue weighted by molar-refractivity contribution is 9.10. The van der Waals surface area contributed by atoms with E-state index in [-0.39, 0.29) is 11.7 Å². The van der Waals surface area contributed by atoms with Crippen molar-refractivity contribution in [1.29, 1.82) is 5.26 Å². The first-order valence-corrected chi connectivity index (χ1v) is 8.61. The van der Waals surface area contributed by atoms with E-state index in [4.69, 9.17) is 10.00 Å². The SMILES string of the molecule is N#Cc1ccc(Br)cc1NCC1CCC2(CCCCC2)O1. The van der Waals surface area contributed by atoms with Crippen molar-refractivity contribution < 1.29 is 4.74 Å². The molecule has 2 aliphatic rings. The Kier molecular flexibility index (Phi) is 4.51. The van der Waals surface area contributed by atoms with Gasteiger partial charge in [-0.1, -0.05) is 35.2 Å². The van der Waals surface area contributed by atoms with Gasteiger partial charge in [-0.15, -0.1) is 0 Å². The number of rotatable bonds is 3. The van der Waals surface area contributed by atoms with Crippen molar-refractivity contribution in [3.63, 3.8) is 0 Å². The van der Waals surface area contributed by atoms with Gasteiger partial charge < -0.3 is 10.1 Å². The molecule has 3 rings (SSSR count). The van der Waals surface area contributed by atoms with Gasteiger partial charge in [-0.25, -0.2) is 0 Å². The summed E-state index contributed by atoms with van der Waals surface area (Å²) >= 11 is 3.46. The maximum atomic E-state index is 9.16. The number of hydrogen-bond donors (Lipinski definition) is 1. The number of nitrogens with one attached hydrogen (secondary N) is 1. The number of benzene rings is 1. The number of hydrogen-bond acceptors (Lipinski definition) is 3. The second kappa shape index (κ2) is 6.37. The van der Waals surface area contributed by atoms with Crippen LogP contribution in [0.3, 0.4) is 0 Å². The number of nitriles is 1. The van der Waals surface area contributed by atoms with Crippen molar-refractivity contribution in [2.75, 3.05) is 11.9 Å². The Morgan fingerprint density at radius 3 is 2.86 bits per heavy atom. The number of ether oxygens (including phenoxy) is 1. The van der Waals surface area contributed by atoms with E-state index < -0.39 is 0 Å². The van der Waals surface area contributed by atoms with Gasteiger partial charge in [-0.2, -0.15) is 5.26 Å². The monoisotopic (exact) mass is 348 g/mol. The van der Waals surface area contributed by atoms with Gasteiger partial charge in [0.25, 0.3) is 0 Å². The van der Waals surface area contributed by atoms with Crippen LogP contribution in [0.25, 0.3) is 0 Å². The van der Waals surface area contributed by atoms with Crippen LogP contribution < -0.4 is 5.32 Å². The molecule has 1 aliphatic heterocycles. The predicted octanol–water partition coefficient (Wildman–Crippen LogP) is 4.61. The number of nitrogens with zero attached hydrogens (tertiary/aromatic N) is 1. The summed E-state index contributed by atoms with van der Waals surface area (Å²) in [6.45, 7) is 0.785. The van der Waals surface area contributed by atoms with Gasteiger partial charge in [0, 0.05) is 11.0 Å². The van der Waals surface area contributed by atoms with Crippen LogP contribution in [0.4, 0.5) is 5.69 Å². The van der Waals surface area contributed by atoms with E-state index in [9.17, 15) is 0 Å². The maximum absolute atomic E-state index is 9.16. The summed E-state index contributed by atoms with van der Waals surface area (Å²) in [5.74, 6) is 0. The van der Waals surface area contributed by atoms with E-state index in [1.807, 2.05) is 18.2 Å². The van der Waals surface area contributed by atoms with Gasteiger partial charge in [-0.3, -0.25) is 0 Å². The molecule has 1 aromatic rings. The lowest BCUT2D eigenvalue weighted by molar-refractivity contribution is -0.0588. The zero-order valence-electron chi connectivity index (χ0n) is 12.2. The van der Waals surface area contributed by atoms with Crippen LogP contribution >= 0.6 is 15.9 Å². The summed E-state index contributed by atoms with van der Waals surface area (Å²) < 4.78 is 7.34. The largest absolute Gasteiger partial charge is 0.381 e. The summed E-state index contributed by atoms with van der Waals surface area (Å²) in [4.78, 5) is 0. The molecule has 21 heavy (non-hydrogen) atoms. The Hall–Kier alpha value is -1.05. The minimum atomic E-state index is 0.167. The number of anilines is 1. The van der Waals surface area contributed by atoms with E-state index >= 15 is 0 Å². The van der Waals surface area contributed by atoms with E-state index in [2.05, 4.69) is 27.3 Å². The first kappa shape index (κ1) is 14.9. The van der Waals surface area contributed by atoms with Crippen LogP contribution in [0.2, 0.25) is 0 Å². The molecular formula is C17H21BrN2O. The van der Waals surface area contributed by atoms with Crippen molar-refractivity contribution in [1.82, 2.24) is 0 Å². The van der Waals surface area contributed by atoms with E-state index in [1.165, 1.54) is 38.5 Å². The van der Waals surface area contributed by atoms with Crippen LogP contribution in [0, 0.1) is 11.3 Å². The molecule has 1 aromatic carbocycles. The lowest BCUT2D eigenvalue weighted by Gasteiger charge is -2.33. The third-order valence-corrected chi connectivity index (χ3v) is 5.22. The van der Waals surface area contributed by atoms with E-state index in [0.29, 0.717) is 5.56 Å². The minimum absolute atomic E-state index is 0.167. The fraction of sp³-hybridized carbons (Fsp3) is 0.588. The Morgan fingerprint density at radius 1 is 1.29 bits per heavy atom. The smallest absolute Gasteiger partial charge is 0.101 e. The lowest BCUT2D eigenvalue weighted by Crippen LogP contribution is -2.33. The average Bonchev–Trinajstić information content (AvgIpc) is 2.89. The summed E-state index contributed by atoms with van der Waals surface area (Å²) in [5.41, 5.74) is 1.74. The quantitative estimate of drug-likeness (QED) is 0.866. The van der Waals surface area contributed by atoms with Crippen LogP contribution in [0.15, 0.2) is 22.7 Å². The van der Waals surface area contributed by atoms with E-state index in [0.717, 1.165) is 23.1 Å². The highest BCUT2D eigenvalue weighted by Crippen LogP contribution is 2.41. The molecule has 1 atom stereocenters. The molecule has 1 heterocycles. The fourth-order valence-corrected chi connectivity index (χ4v) is 3.95. The van der Waals surface area contributed by atoms with E-state index in [1.54, 1.807) is 0 Å². The summed E-state index contributed by atoms with van der Waals surface area (Å²) in [5, 5.41) is 12.6. The van der Waals surface area contributed by atoms with Gasteiger partial charge in [0.1, 0.15) is 6.07 Å². The van der Waals surface area contributed by atoms with Crippen molar-refractivity contribution in [3.05, 3.63) is 28.2 Å². The molecule has 1 aliphatic carbocycles. The molecule has 0 bridgehead atoms. The average molecular weight is 349 g/mol. The molecule has 1 N–H and O–H groups in total. The van der Waals surface area contributed by atoms with Crippen molar-refractivity contribution >= 4 is 21.6 Å². The van der Waals surface area contributed by atoms with Crippen molar-refractivity contribution in [2.45, 2.75) is 56.7 Å². The molecule has 0 radical (unpaired) electrons. The first-order valence-electron chi connectivity index (χ1n) is 7.82. The van der Waals surface area contributed by atoms with Gasteiger partial charge in [-0.05, 0) is 43.9 Å². The zero-order chi connectivity index (χ0) is 14.7. The van der Waals surface area contributed by atoms with Crippen molar-refractivity contribution in [3.8, 4) is 6.07 Å². The predicted molar refractivity (Wildman–Crippen MR) is 87.3 cm³/mol. The lowest BCUT2D eigenvalue weighted by atomic mass is 9.83. The standard InChI is InChI=1S/C17H21BrN2O/c18-14-5-4-13(11-19)16(10-14)20-12-15-6-9-17(21-15)7-2-1-3-8-17/h4-5,10,15,20H,1-3,6-9,12H2. The molecule has 0 aromatic heterocycles. The Morgan fingerprint density at radius 2 is 2.10 bits per heavy atom. The Bertz CT molecular complexity index is 546. The van der Waals surface area contributed by atoms with Gasteiger partial charge >= 0.3 is 0 Å². The molecular weight excluding hydrogens is 328 g/mol. The first-order chi connectivity index (χ1) is 10.2. The van der Waals surface area contributed by atoms with Crippen LogP contribution in [0.5, 0.6) is 0 Å². The summed E-state index contributed by atoms with van der Waals surface area (Å²) in [7, 11) is 0. The molecule has 3 nitrogen and oxygen atoms in total. The second-order valence-corrected chi connectivity index (χ2v) is 7.12. The highest BCUT2D eigenvalue weighted by atomic mass is 79.9. The molecule has 112 valence electrons. The second-order valence-electron chi connectivity index (χ2n) is 6.20. The van der Waals surface area contributed by atoms with Gasteiger partial charge in [0.15, 0.2) is 0 Å². The molecule has 0 amide bonds. The maximum Gasteiger partial charge on any atom is 0.101 e. The minimum Gasteiger partial charge on any atom is -0.381 e. The Labute approximate surface area is 134 Å². The number of halogens is 1. The van der Waals surface area contributed by atoms with Crippen LogP contribution in [0.1, 0.15) is 50.5 Å². The van der Waals surface area contributed by atoms with Crippen LogP contribution in [-0.2, 0) is 4.74 Å². The molecule has 1 saturated heterocycles. The third-order valence-electron chi connectivity index (χ3n) is 4.73. The molecule has 1 saturated carbocycles. The summed E-state index contributed by atoms with van der Waals surface area (Å²) in [6, 6.07) is 7.93. The van der Waals surface area contributed by atoms with Gasteiger partial charge in [0.2, 0.25) is 0 Å². The zero-order valence-corrected chi connectivity index (χ0v) is 13.8. The molecule has 1 unspecified atom stereocenters. The molecule has 2 fully saturated rings. The third kappa shape index (κ3) is 3.41. The highest BCUT2D eigenvalue weighted by Gasteiger charge is 2.40. The fourth-order valence-electron chi connectivity index (χ4n) is 3.59. The topological polar surface area (TPSA) is 45.0 Å². The normalized spacial score (nSPS) is 23.9. The Balaban J connectivity index is 1.59. The molecule has 1 spiro atoms. The summed E-state index contributed by atoms with van der Waals surface area (Å²) in [6.07, 6.45) is 9.03. The van der Waals surface area contributed by atoms with Crippen LogP contribution in [-0.4, -0.2) is 18.2 Å². The van der Waals surface area contributed by atoms with Crippen molar-refractivity contribution in [2.24, 2.45) is 0 Å².